The van der Waals surface area contributed by atoms with E-state index >= 15 is 0 Å². The Morgan fingerprint density at radius 3 is 2.52 bits per heavy atom. The van der Waals surface area contributed by atoms with E-state index in [1.165, 1.54) is 18.2 Å². The first kappa shape index (κ1) is 15.6. The molecule has 6 heteroatoms. The maximum Gasteiger partial charge on any atom is 0.238 e. The van der Waals surface area contributed by atoms with Gasteiger partial charge in [0.15, 0.2) is 0 Å². The van der Waals surface area contributed by atoms with Crippen molar-refractivity contribution in [2.75, 3.05) is 6.61 Å². The van der Waals surface area contributed by atoms with E-state index in [2.05, 4.69) is 0 Å². The Bertz CT molecular complexity index is 744. The fourth-order valence-corrected chi connectivity index (χ4v) is 2.87. The molecule has 0 aliphatic heterocycles. The first-order chi connectivity index (χ1) is 9.95. The Morgan fingerprint density at radius 1 is 1.14 bits per heavy atom. The quantitative estimate of drug-likeness (QED) is 0.923. The second-order valence-electron chi connectivity index (χ2n) is 4.45. The number of sulfonamides is 1. The molecular formula is C15H16FNO3S. The van der Waals surface area contributed by atoms with Crippen LogP contribution in [0.25, 0.3) is 11.1 Å². The lowest BCUT2D eigenvalue weighted by atomic mass is 9.99. The number of ether oxygens (including phenoxy) is 1. The fourth-order valence-electron chi connectivity index (χ4n) is 2.10. The van der Waals surface area contributed by atoms with E-state index in [9.17, 15) is 12.8 Å². The molecule has 0 radical (unpaired) electrons. The zero-order valence-electron chi connectivity index (χ0n) is 11.5. The van der Waals surface area contributed by atoms with Crippen LogP contribution < -0.4 is 5.14 Å². The molecule has 2 aromatic carbocycles. The van der Waals surface area contributed by atoms with Crippen LogP contribution >= 0.6 is 0 Å². The van der Waals surface area contributed by atoms with E-state index in [1.807, 2.05) is 6.92 Å². The zero-order valence-corrected chi connectivity index (χ0v) is 12.4. The summed E-state index contributed by atoms with van der Waals surface area (Å²) < 4.78 is 42.9. The Morgan fingerprint density at radius 2 is 1.86 bits per heavy atom. The molecule has 0 aliphatic carbocycles. The van der Waals surface area contributed by atoms with Gasteiger partial charge in [-0.3, -0.25) is 0 Å². The summed E-state index contributed by atoms with van der Waals surface area (Å²) in [6.45, 7) is 2.63. The van der Waals surface area contributed by atoms with E-state index in [0.717, 1.165) is 0 Å². The SMILES string of the molecule is CCOCc1ccccc1-c1c(F)cccc1S(N)(=O)=O. The highest BCUT2D eigenvalue weighted by atomic mass is 32.2. The minimum absolute atomic E-state index is 0.0182. The number of halogens is 1. The van der Waals surface area contributed by atoms with Crippen molar-refractivity contribution in [1.29, 1.82) is 0 Å². The summed E-state index contributed by atoms with van der Waals surface area (Å²) >= 11 is 0. The first-order valence-corrected chi connectivity index (χ1v) is 7.97. The lowest BCUT2D eigenvalue weighted by molar-refractivity contribution is 0.134. The van der Waals surface area contributed by atoms with Crippen molar-refractivity contribution in [3.05, 3.63) is 53.8 Å². The van der Waals surface area contributed by atoms with E-state index < -0.39 is 15.8 Å². The number of rotatable bonds is 5. The van der Waals surface area contributed by atoms with Crippen molar-refractivity contribution >= 4 is 10.0 Å². The third-order valence-corrected chi connectivity index (χ3v) is 3.98. The molecule has 0 saturated heterocycles. The molecule has 2 aromatic rings. The second-order valence-corrected chi connectivity index (χ2v) is 5.98. The summed E-state index contributed by atoms with van der Waals surface area (Å²) in [4.78, 5) is -0.230. The van der Waals surface area contributed by atoms with Gasteiger partial charge in [-0.1, -0.05) is 30.3 Å². The molecule has 0 saturated carbocycles. The summed E-state index contributed by atoms with van der Waals surface area (Å²) in [5.41, 5.74) is 1.15. The number of benzene rings is 2. The van der Waals surface area contributed by atoms with Gasteiger partial charge >= 0.3 is 0 Å². The van der Waals surface area contributed by atoms with Gasteiger partial charge in [-0.2, -0.15) is 0 Å². The van der Waals surface area contributed by atoms with Crippen LogP contribution in [-0.4, -0.2) is 15.0 Å². The van der Waals surface area contributed by atoms with Gasteiger partial charge in [0.25, 0.3) is 0 Å². The number of hydrogen-bond donors (Lipinski definition) is 1. The Hall–Kier alpha value is -1.76. The molecule has 0 aliphatic rings. The lowest BCUT2D eigenvalue weighted by Gasteiger charge is -2.13. The van der Waals surface area contributed by atoms with Crippen molar-refractivity contribution in [3.63, 3.8) is 0 Å². The normalized spacial score (nSPS) is 11.6. The summed E-state index contributed by atoms with van der Waals surface area (Å²) in [6.07, 6.45) is 0. The van der Waals surface area contributed by atoms with Gasteiger partial charge in [-0.15, -0.1) is 0 Å². The lowest BCUT2D eigenvalue weighted by Crippen LogP contribution is -2.14. The summed E-state index contributed by atoms with van der Waals surface area (Å²) in [7, 11) is -4.02. The maximum atomic E-state index is 14.2. The fraction of sp³-hybridized carbons (Fsp3) is 0.200. The molecule has 0 aromatic heterocycles. The van der Waals surface area contributed by atoms with E-state index in [4.69, 9.17) is 9.88 Å². The van der Waals surface area contributed by atoms with Gasteiger partial charge in [0.2, 0.25) is 10.0 Å². The van der Waals surface area contributed by atoms with Crippen LogP contribution in [0, 0.1) is 5.82 Å². The molecular weight excluding hydrogens is 293 g/mol. The number of hydrogen-bond acceptors (Lipinski definition) is 3. The van der Waals surface area contributed by atoms with Crippen molar-refractivity contribution in [2.24, 2.45) is 5.14 Å². The van der Waals surface area contributed by atoms with Gasteiger partial charge in [-0.05, 0) is 30.2 Å². The Balaban J connectivity index is 2.68. The van der Waals surface area contributed by atoms with Crippen molar-refractivity contribution in [2.45, 2.75) is 18.4 Å². The second kappa shape index (κ2) is 6.34. The molecule has 0 amide bonds. The molecule has 4 nitrogen and oxygen atoms in total. The standard InChI is InChI=1S/C15H16FNO3S/c1-2-20-10-11-6-3-4-7-12(11)15-13(16)8-5-9-14(15)21(17,18)19/h3-9H,2,10H2,1H3,(H2,17,18,19). The summed E-state index contributed by atoms with van der Waals surface area (Å²) in [6, 6.07) is 10.8. The van der Waals surface area contributed by atoms with Crippen LogP contribution in [-0.2, 0) is 21.4 Å². The molecule has 2 N–H and O–H groups in total. The maximum absolute atomic E-state index is 14.2. The van der Waals surface area contributed by atoms with Gasteiger partial charge < -0.3 is 4.74 Å². The van der Waals surface area contributed by atoms with Crippen molar-refractivity contribution in [3.8, 4) is 11.1 Å². The summed E-state index contributed by atoms with van der Waals surface area (Å²) in [5.74, 6) is -0.634. The highest BCUT2D eigenvalue weighted by Crippen LogP contribution is 2.32. The molecule has 0 heterocycles. The Labute approximate surface area is 123 Å². The van der Waals surface area contributed by atoms with E-state index in [1.54, 1.807) is 24.3 Å². The average Bonchev–Trinajstić information content (AvgIpc) is 2.44. The van der Waals surface area contributed by atoms with Gasteiger partial charge in [0, 0.05) is 12.2 Å². The molecule has 0 unspecified atom stereocenters. The largest absolute Gasteiger partial charge is 0.377 e. The van der Waals surface area contributed by atoms with Crippen LogP contribution in [0.4, 0.5) is 4.39 Å². The molecule has 0 bridgehead atoms. The molecule has 0 atom stereocenters. The highest BCUT2D eigenvalue weighted by Gasteiger charge is 2.20. The molecule has 2 rings (SSSR count). The van der Waals surface area contributed by atoms with Crippen LogP contribution in [0.1, 0.15) is 12.5 Å². The molecule has 0 fully saturated rings. The van der Waals surface area contributed by atoms with Crippen molar-refractivity contribution < 1.29 is 17.5 Å². The predicted molar refractivity (Wildman–Crippen MR) is 78.5 cm³/mol. The summed E-state index contributed by atoms with van der Waals surface area (Å²) in [5, 5.41) is 5.19. The zero-order chi connectivity index (χ0) is 15.5. The number of primary sulfonamides is 1. The Kier molecular flexibility index (Phi) is 4.72. The third-order valence-electron chi connectivity index (χ3n) is 3.03. The molecule has 21 heavy (non-hydrogen) atoms. The van der Waals surface area contributed by atoms with E-state index in [0.29, 0.717) is 17.7 Å². The third kappa shape index (κ3) is 3.47. The van der Waals surface area contributed by atoms with Crippen LogP contribution in [0.5, 0.6) is 0 Å². The van der Waals surface area contributed by atoms with Crippen LogP contribution in [0.3, 0.4) is 0 Å². The average molecular weight is 309 g/mol. The molecule has 0 spiro atoms. The topological polar surface area (TPSA) is 69.4 Å². The number of nitrogens with two attached hydrogens (primary N) is 1. The smallest absolute Gasteiger partial charge is 0.238 e. The highest BCUT2D eigenvalue weighted by molar-refractivity contribution is 7.89. The molecule has 112 valence electrons. The van der Waals surface area contributed by atoms with Gasteiger partial charge in [-0.25, -0.2) is 17.9 Å². The van der Waals surface area contributed by atoms with Gasteiger partial charge in [0.1, 0.15) is 5.82 Å². The van der Waals surface area contributed by atoms with E-state index in [-0.39, 0.29) is 17.1 Å². The van der Waals surface area contributed by atoms with Crippen molar-refractivity contribution in [1.82, 2.24) is 0 Å². The predicted octanol–water partition coefficient (Wildman–Crippen LogP) is 2.68. The van der Waals surface area contributed by atoms with Crippen LogP contribution in [0.2, 0.25) is 0 Å². The minimum Gasteiger partial charge on any atom is -0.377 e. The minimum atomic E-state index is -4.02. The van der Waals surface area contributed by atoms with Crippen LogP contribution in [0.15, 0.2) is 47.4 Å². The van der Waals surface area contributed by atoms with Gasteiger partial charge in [0.05, 0.1) is 11.5 Å². The first-order valence-electron chi connectivity index (χ1n) is 6.42. The monoisotopic (exact) mass is 309 g/mol.